The first-order valence-electron chi connectivity index (χ1n) is 7.07. The Hall–Kier alpha value is -0.330. The lowest BCUT2D eigenvalue weighted by atomic mass is 9.97. The predicted molar refractivity (Wildman–Crippen MR) is 91.3 cm³/mol. The topological polar surface area (TPSA) is 32.3 Å². The van der Waals surface area contributed by atoms with Crippen LogP contribution in [0.1, 0.15) is 30.1 Å². The number of carbonyl (C=O) groups excluding carboxylic acids is 1. The highest BCUT2D eigenvalue weighted by atomic mass is 127. The van der Waals surface area contributed by atoms with Crippen LogP contribution in [0, 0.1) is 9.49 Å². The molecule has 0 saturated carbocycles. The van der Waals surface area contributed by atoms with E-state index in [-0.39, 0.29) is 5.91 Å². The highest BCUT2D eigenvalue weighted by Gasteiger charge is 2.22. The maximum absolute atomic E-state index is 12.7. The van der Waals surface area contributed by atoms with Crippen LogP contribution in [0.15, 0.2) is 18.2 Å². The number of rotatable bonds is 4. The third-order valence-electron chi connectivity index (χ3n) is 3.77. The summed E-state index contributed by atoms with van der Waals surface area (Å²) in [4.78, 5) is 14.6. The summed E-state index contributed by atoms with van der Waals surface area (Å²) in [6.07, 6.45) is 2.30. The van der Waals surface area contributed by atoms with Gasteiger partial charge in [-0.15, -0.1) is 0 Å². The molecule has 3 nitrogen and oxygen atoms in total. The van der Waals surface area contributed by atoms with Crippen LogP contribution in [-0.2, 0) is 0 Å². The SMILES string of the molecule is CCN(CC1CCNCC1)C(=O)c1cc(Cl)ccc1I. The molecule has 1 amide bonds. The van der Waals surface area contributed by atoms with E-state index in [1.165, 1.54) is 0 Å². The smallest absolute Gasteiger partial charge is 0.254 e. The van der Waals surface area contributed by atoms with Crippen molar-refractivity contribution in [2.75, 3.05) is 26.2 Å². The molecule has 110 valence electrons. The van der Waals surface area contributed by atoms with Crippen LogP contribution in [0.5, 0.6) is 0 Å². The first kappa shape index (κ1) is 16.0. The minimum absolute atomic E-state index is 0.0953. The third kappa shape index (κ3) is 4.09. The zero-order valence-corrected chi connectivity index (χ0v) is 14.6. The van der Waals surface area contributed by atoms with Gasteiger partial charge < -0.3 is 10.2 Å². The molecule has 1 fully saturated rings. The van der Waals surface area contributed by atoms with Crippen molar-refractivity contribution >= 4 is 40.1 Å². The molecule has 0 unspecified atom stereocenters. The Balaban J connectivity index is 2.09. The molecule has 1 aromatic carbocycles. The minimum Gasteiger partial charge on any atom is -0.339 e. The number of amides is 1. The van der Waals surface area contributed by atoms with Crippen LogP contribution in [0.25, 0.3) is 0 Å². The van der Waals surface area contributed by atoms with Crippen LogP contribution in [0.2, 0.25) is 5.02 Å². The molecule has 20 heavy (non-hydrogen) atoms. The number of hydrogen-bond acceptors (Lipinski definition) is 2. The third-order valence-corrected chi connectivity index (χ3v) is 4.94. The summed E-state index contributed by atoms with van der Waals surface area (Å²) in [6.45, 7) is 5.75. The van der Waals surface area contributed by atoms with E-state index < -0.39 is 0 Å². The van der Waals surface area contributed by atoms with Gasteiger partial charge in [0.05, 0.1) is 5.56 Å². The number of hydrogen-bond donors (Lipinski definition) is 1. The monoisotopic (exact) mass is 406 g/mol. The summed E-state index contributed by atoms with van der Waals surface area (Å²) in [7, 11) is 0. The molecule has 0 atom stereocenters. The first-order chi connectivity index (χ1) is 9.61. The maximum atomic E-state index is 12.7. The van der Waals surface area contributed by atoms with Gasteiger partial charge in [-0.2, -0.15) is 0 Å². The van der Waals surface area contributed by atoms with Gasteiger partial charge in [0.2, 0.25) is 0 Å². The summed E-state index contributed by atoms with van der Waals surface area (Å²) in [6, 6.07) is 5.49. The van der Waals surface area contributed by atoms with Gasteiger partial charge in [-0.3, -0.25) is 4.79 Å². The summed E-state index contributed by atoms with van der Waals surface area (Å²) in [5, 5.41) is 3.98. The van der Waals surface area contributed by atoms with Gasteiger partial charge >= 0.3 is 0 Å². The summed E-state index contributed by atoms with van der Waals surface area (Å²) in [5.41, 5.74) is 0.717. The number of benzene rings is 1. The Morgan fingerprint density at radius 3 is 2.80 bits per heavy atom. The van der Waals surface area contributed by atoms with Crippen molar-refractivity contribution in [3.63, 3.8) is 0 Å². The molecule has 0 aromatic heterocycles. The molecular weight excluding hydrogens is 387 g/mol. The fourth-order valence-corrected chi connectivity index (χ4v) is 3.30. The molecule has 1 aliphatic heterocycles. The molecule has 0 radical (unpaired) electrons. The van der Waals surface area contributed by atoms with Gasteiger partial charge in [0.15, 0.2) is 0 Å². The molecule has 0 spiro atoms. The lowest BCUT2D eigenvalue weighted by Gasteiger charge is -2.29. The van der Waals surface area contributed by atoms with E-state index in [0.717, 1.165) is 42.6 Å². The van der Waals surface area contributed by atoms with Crippen molar-refractivity contribution in [1.29, 1.82) is 0 Å². The molecule has 0 bridgehead atoms. The Labute approximate surface area is 139 Å². The van der Waals surface area contributed by atoms with E-state index in [0.29, 0.717) is 16.5 Å². The number of halogens is 2. The van der Waals surface area contributed by atoms with E-state index in [4.69, 9.17) is 11.6 Å². The van der Waals surface area contributed by atoms with Crippen LogP contribution < -0.4 is 5.32 Å². The highest BCUT2D eigenvalue weighted by Crippen LogP contribution is 2.21. The normalized spacial score (nSPS) is 16.1. The average Bonchev–Trinajstić information content (AvgIpc) is 2.47. The highest BCUT2D eigenvalue weighted by molar-refractivity contribution is 14.1. The maximum Gasteiger partial charge on any atom is 0.254 e. The fourth-order valence-electron chi connectivity index (χ4n) is 2.56. The Morgan fingerprint density at radius 1 is 1.45 bits per heavy atom. The molecular formula is C15H20ClIN2O. The van der Waals surface area contributed by atoms with Crippen molar-refractivity contribution in [2.45, 2.75) is 19.8 Å². The summed E-state index contributed by atoms with van der Waals surface area (Å²) < 4.78 is 0.959. The quantitative estimate of drug-likeness (QED) is 0.777. The van der Waals surface area contributed by atoms with Crippen molar-refractivity contribution in [3.8, 4) is 0 Å². The van der Waals surface area contributed by atoms with Crippen molar-refractivity contribution in [3.05, 3.63) is 32.4 Å². The van der Waals surface area contributed by atoms with E-state index >= 15 is 0 Å². The van der Waals surface area contributed by atoms with E-state index in [1.807, 2.05) is 24.0 Å². The summed E-state index contributed by atoms with van der Waals surface area (Å²) in [5.74, 6) is 0.704. The lowest BCUT2D eigenvalue weighted by Crippen LogP contribution is -2.39. The van der Waals surface area contributed by atoms with E-state index in [1.54, 1.807) is 6.07 Å². The lowest BCUT2D eigenvalue weighted by molar-refractivity contribution is 0.0725. The molecule has 5 heteroatoms. The van der Waals surface area contributed by atoms with Gasteiger partial charge in [0.25, 0.3) is 5.91 Å². The number of piperidine rings is 1. The van der Waals surface area contributed by atoms with Crippen molar-refractivity contribution in [1.82, 2.24) is 10.2 Å². The van der Waals surface area contributed by atoms with Gasteiger partial charge in [-0.05, 0) is 79.6 Å². The van der Waals surface area contributed by atoms with Gasteiger partial charge in [-0.25, -0.2) is 0 Å². The summed E-state index contributed by atoms with van der Waals surface area (Å²) >= 11 is 8.21. The molecule has 2 rings (SSSR count). The van der Waals surface area contributed by atoms with Crippen molar-refractivity contribution in [2.24, 2.45) is 5.92 Å². The fraction of sp³-hybridized carbons (Fsp3) is 0.533. The Morgan fingerprint density at radius 2 is 2.15 bits per heavy atom. The van der Waals surface area contributed by atoms with Crippen LogP contribution >= 0.6 is 34.2 Å². The van der Waals surface area contributed by atoms with Crippen molar-refractivity contribution < 1.29 is 4.79 Å². The van der Waals surface area contributed by atoms with Crippen LogP contribution in [0.4, 0.5) is 0 Å². The zero-order valence-electron chi connectivity index (χ0n) is 11.7. The Bertz CT molecular complexity index is 475. The molecule has 1 heterocycles. The molecule has 1 N–H and O–H groups in total. The number of carbonyl (C=O) groups is 1. The van der Waals surface area contributed by atoms with Gasteiger partial charge in [0.1, 0.15) is 0 Å². The largest absolute Gasteiger partial charge is 0.339 e. The van der Waals surface area contributed by atoms with Crippen LogP contribution in [0.3, 0.4) is 0 Å². The molecule has 1 aromatic rings. The minimum atomic E-state index is 0.0953. The van der Waals surface area contributed by atoms with Crippen LogP contribution in [-0.4, -0.2) is 37.0 Å². The first-order valence-corrected chi connectivity index (χ1v) is 8.52. The second kappa shape index (κ2) is 7.61. The number of nitrogens with zero attached hydrogens (tertiary/aromatic N) is 1. The Kier molecular flexibility index (Phi) is 6.11. The second-order valence-electron chi connectivity index (χ2n) is 5.16. The van der Waals surface area contributed by atoms with E-state index in [9.17, 15) is 4.79 Å². The standard InChI is InChI=1S/C15H20ClIN2O/c1-2-19(10-11-5-7-18-8-6-11)15(20)13-9-12(16)3-4-14(13)17/h3-4,9,11,18H,2,5-8,10H2,1H3. The zero-order chi connectivity index (χ0) is 14.5. The molecule has 1 aliphatic rings. The number of nitrogens with one attached hydrogen (secondary N) is 1. The average molecular weight is 407 g/mol. The second-order valence-corrected chi connectivity index (χ2v) is 6.76. The van der Waals surface area contributed by atoms with Gasteiger partial charge in [-0.1, -0.05) is 11.6 Å². The molecule has 1 saturated heterocycles. The molecule has 0 aliphatic carbocycles. The van der Waals surface area contributed by atoms with Gasteiger partial charge in [0, 0.05) is 21.7 Å². The van der Waals surface area contributed by atoms with E-state index in [2.05, 4.69) is 27.9 Å². The predicted octanol–water partition coefficient (Wildman–Crippen LogP) is 3.41.